The molecule has 1 saturated carbocycles. The Kier molecular flexibility index (Phi) is 6.00. The number of carbonyl (C=O) groups excluding carboxylic acids is 2. The minimum absolute atomic E-state index is 0.0331. The fraction of sp³-hybridized carbons (Fsp3) is 0.440. The average molecular weight is 556 g/mol. The van der Waals surface area contributed by atoms with E-state index in [0.29, 0.717) is 34.8 Å². The van der Waals surface area contributed by atoms with Crippen LogP contribution in [0.4, 0.5) is 11.5 Å². The third kappa shape index (κ3) is 4.68. The van der Waals surface area contributed by atoms with Gasteiger partial charge in [-0.05, 0) is 49.4 Å². The van der Waals surface area contributed by atoms with Gasteiger partial charge in [0.1, 0.15) is 5.56 Å². The third-order valence-corrected chi connectivity index (χ3v) is 8.12. The maximum Gasteiger partial charge on any atom is 0.259 e. The lowest BCUT2D eigenvalue weighted by molar-refractivity contribution is 0.0698. The van der Waals surface area contributed by atoms with Crippen LogP contribution < -0.4 is 15.8 Å². The number of hydrogen-bond acceptors (Lipinski definition) is 9. The topological polar surface area (TPSA) is 181 Å². The molecule has 1 aliphatic carbocycles. The van der Waals surface area contributed by atoms with Crippen molar-refractivity contribution in [2.24, 2.45) is 5.92 Å². The third-order valence-electron chi connectivity index (χ3n) is 7.53. The van der Waals surface area contributed by atoms with E-state index < -0.39 is 28.1 Å². The number of aromatic nitrogens is 3. The number of aliphatic hydroxyl groups excluding tert-OH is 1. The van der Waals surface area contributed by atoms with E-state index in [2.05, 4.69) is 20.1 Å². The highest BCUT2D eigenvalue weighted by molar-refractivity contribution is 7.92. The standard InChI is InChI=1S/C25H29N7O6S/c1-12(13-3-4-13)31-9-15-7-14(8-17(20(15)25(31)35)30-39(2,36)37)16-5-6-32-23(27-16)21(22(26)29-32)24(34)28-18-10-38-11-19(18)33/h5-8,12-13,18-19,30,33H,3-4,9-11H2,1-2H3,(H2,26,29)(H,28,34)/t12-,18+,19+/m0/s1. The minimum Gasteiger partial charge on any atom is -0.388 e. The van der Waals surface area contributed by atoms with Crippen LogP contribution in [-0.2, 0) is 21.3 Å². The number of hydrogen-bond donors (Lipinski definition) is 4. The molecule has 2 fully saturated rings. The molecule has 39 heavy (non-hydrogen) atoms. The van der Waals surface area contributed by atoms with Crippen LogP contribution in [0, 0.1) is 5.92 Å². The minimum atomic E-state index is -3.68. The van der Waals surface area contributed by atoms with E-state index >= 15 is 0 Å². The summed E-state index contributed by atoms with van der Waals surface area (Å²) in [5.74, 6) is -0.335. The van der Waals surface area contributed by atoms with Gasteiger partial charge in [0.15, 0.2) is 11.5 Å². The number of nitrogens with one attached hydrogen (secondary N) is 2. The van der Waals surface area contributed by atoms with Crippen molar-refractivity contribution in [3.63, 3.8) is 0 Å². The molecule has 14 heteroatoms. The van der Waals surface area contributed by atoms with Crippen LogP contribution in [0.15, 0.2) is 24.4 Å². The van der Waals surface area contributed by atoms with Gasteiger partial charge in [-0.25, -0.2) is 17.9 Å². The van der Waals surface area contributed by atoms with E-state index in [1.807, 2.05) is 13.0 Å². The summed E-state index contributed by atoms with van der Waals surface area (Å²) >= 11 is 0. The summed E-state index contributed by atoms with van der Waals surface area (Å²) in [5.41, 5.74) is 8.50. The number of nitrogens with two attached hydrogens (primary N) is 1. The molecular weight excluding hydrogens is 526 g/mol. The van der Waals surface area contributed by atoms with Crippen molar-refractivity contribution in [1.29, 1.82) is 0 Å². The number of nitrogens with zero attached hydrogens (tertiary/aromatic N) is 4. The lowest BCUT2D eigenvalue weighted by atomic mass is 10.0. The fourth-order valence-electron chi connectivity index (χ4n) is 5.31. The molecule has 3 aliphatic rings. The van der Waals surface area contributed by atoms with Crippen molar-refractivity contribution in [3.05, 3.63) is 41.1 Å². The summed E-state index contributed by atoms with van der Waals surface area (Å²) in [7, 11) is -3.68. The fourth-order valence-corrected chi connectivity index (χ4v) is 5.88. The monoisotopic (exact) mass is 555 g/mol. The Morgan fingerprint density at radius 3 is 2.72 bits per heavy atom. The van der Waals surface area contributed by atoms with Gasteiger partial charge in [-0.3, -0.25) is 14.3 Å². The predicted molar refractivity (Wildman–Crippen MR) is 141 cm³/mol. The van der Waals surface area contributed by atoms with Gasteiger partial charge in [-0.1, -0.05) is 0 Å². The molecule has 4 heterocycles. The first-order valence-electron chi connectivity index (χ1n) is 12.7. The number of nitrogen functional groups attached to an aromatic ring is 1. The van der Waals surface area contributed by atoms with E-state index in [4.69, 9.17) is 10.5 Å². The van der Waals surface area contributed by atoms with Crippen LogP contribution in [0.25, 0.3) is 16.9 Å². The number of rotatable bonds is 7. The van der Waals surface area contributed by atoms with Gasteiger partial charge in [0.05, 0.1) is 48.6 Å². The summed E-state index contributed by atoms with van der Waals surface area (Å²) in [6, 6.07) is 4.53. The molecule has 5 N–H and O–H groups in total. The Bertz CT molecular complexity index is 1620. The zero-order valence-electron chi connectivity index (χ0n) is 21.4. The number of aliphatic hydroxyl groups is 1. The van der Waals surface area contributed by atoms with Crippen molar-refractivity contribution in [2.75, 3.05) is 29.9 Å². The molecule has 2 amide bonds. The number of benzene rings is 1. The maximum atomic E-state index is 13.4. The highest BCUT2D eigenvalue weighted by atomic mass is 32.2. The highest BCUT2D eigenvalue weighted by Crippen LogP contribution is 2.41. The summed E-state index contributed by atoms with van der Waals surface area (Å²) in [5, 5.41) is 16.9. The molecule has 0 unspecified atom stereocenters. The lowest BCUT2D eigenvalue weighted by Crippen LogP contribution is -2.42. The van der Waals surface area contributed by atoms with Gasteiger partial charge in [0.2, 0.25) is 10.0 Å². The highest BCUT2D eigenvalue weighted by Gasteiger charge is 2.40. The Balaban J connectivity index is 1.40. The van der Waals surface area contributed by atoms with Gasteiger partial charge in [0, 0.05) is 24.3 Å². The molecule has 2 aromatic heterocycles. The van der Waals surface area contributed by atoms with E-state index in [9.17, 15) is 23.1 Å². The number of sulfonamides is 1. The Hall–Kier alpha value is -3.75. The van der Waals surface area contributed by atoms with Gasteiger partial charge in [-0.2, -0.15) is 0 Å². The zero-order valence-corrected chi connectivity index (χ0v) is 22.2. The van der Waals surface area contributed by atoms with Crippen molar-refractivity contribution in [1.82, 2.24) is 24.8 Å². The normalized spacial score (nSPS) is 21.8. The smallest absolute Gasteiger partial charge is 0.259 e. The second-order valence-corrected chi connectivity index (χ2v) is 12.2. The first-order chi connectivity index (χ1) is 18.5. The van der Waals surface area contributed by atoms with Gasteiger partial charge < -0.3 is 25.8 Å². The van der Waals surface area contributed by atoms with Crippen molar-refractivity contribution in [3.8, 4) is 11.3 Å². The quantitative estimate of drug-likeness (QED) is 0.324. The number of ether oxygens (including phenoxy) is 1. The van der Waals surface area contributed by atoms with Crippen LogP contribution in [0.2, 0.25) is 0 Å². The number of anilines is 2. The lowest BCUT2D eigenvalue weighted by Gasteiger charge is -2.24. The average Bonchev–Trinajstić information content (AvgIpc) is 3.44. The molecule has 0 spiro atoms. The van der Waals surface area contributed by atoms with Crippen molar-refractivity contribution in [2.45, 2.75) is 44.5 Å². The first kappa shape index (κ1) is 25.5. The van der Waals surface area contributed by atoms with Gasteiger partial charge in [0.25, 0.3) is 11.8 Å². The van der Waals surface area contributed by atoms with Crippen LogP contribution in [0.3, 0.4) is 0 Å². The van der Waals surface area contributed by atoms with Crippen molar-refractivity contribution >= 4 is 39.0 Å². The molecule has 1 aromatic carbocycles. The molecule has 13 nitrogen and oxygen atoms in total. The second kappa shape index (κ2) is 9.17. The molecule has 6 rings (SSSR count). The number of amides is 2. The molecule has 3 atom stereocenters. The SMILES string of the molecule is C[C@@H](C1CC1)N1Cc2cc(-c3ccn4nc(N)c(C(=O)N[C@@H]5COC[C@H]5O)c4n3)cc(NS(C)(=O)=O)c2C1=O. The second-order valence-electron chi connectivity index (χ2n) is 10.5. The van der Waals surface area contributed by atoms with E-state index in [0.717, 1.165) is 19.1 Å². The predicted octanol–water partition coefficient (Wildman–Crippen LogP) is 0.594. The Morgan fingerprint density at radius 2 is 2.05 bits per heavy atom. The molecule has 206 valence electrons. The summed E-state index contributed by atoms with van der Waals surface area (Å²) in [4.78, 5) is 32.9. The zero-order chi connectivity index (χ0) is 27.6. The summed E-state index contributed by atoms with van der Waals surface area (Å²) < 4.78 is 33.5. The van der Waals surface area contributed by atoms with Crippen LogP contribution in [-0.4, -0.2) is 82.5 Å². The van der Waals surface area contributed by atoms with E-state index in [1.165, 1.54) is 4.52 Å². The van der Waals surface area contributed by atoms with E-state index in [-0.39, 0.29) is 47.9 Å². The van der Waals surface area contributed by atoms with Crippen molar-refractivity contribution < 1.29 is 27.9 Å². The maximum absolute atomic E-state index is 13.4. The first-order valence-corrected chi connectivity index (χ1v) is 14.6. The largest absolute Gasteiger partial charge is 0.388 e. The molecular formula is C25H29N7O6S. The van der Waals surface area contributed by atoms with E-state index in [1.54, 1.807) is 23.2 Å². The molecule has 1 saturated heterocycles. The summed E-state index contributed by atoms with van der Waals surface area (Å²) in [6.45, 7) is 2.68. The van der Waals surface area contributed by atoms with Crippen LogP contribution in [0.5, 0.6) is 0 Å². The number of carbonyl (C=O) groups is 2. The summed E-state index contributed by atoms with van der Waals surface area (Å²) in [6.07, 6.45) is 3.94. The molecule has 3 aromatic rings. The molecule has 2 aliphatic heterocycles. The van der Waals surface area contributed by atoms with Gasteiger partial charge in [-0.15, -0.1) is 5.10 Å². The molecule has 0 radical (unpaired) electrons. The van der Waals surface area contributed by atoms with Gasteiger partial charge >= 0.3 is 0 Å². The number of fused-ring (bicyclic) bond motifs is 2. The Morgan fingerprint density at radius 1 is 1.28 bits per heavy atom. The van der Waals surface area contributed by atoms with Crippen LogP contribution >= 0.6 is 0 Å². The molecule has 0 bridgehead atoms. The van der Waals surface area contributed by atoms with Crippen LogP contribution in [0.1, 0.15) is 46.0 Å². The Labute approximate surface area is 224 Å².